The van der Waals surface area contributed by atoms with Gasteiger partial charge in [0.25, 0.3) is 5.56 Å². The van der Waals surface area contributed by atoms with E-state index in [-0.39, 0.29) is 23.4 Å². The largest absolute Gasteiger partial charge is 0.412 e. The van der Waals surface area contributed by atoms with E-state index in [1.807, 2.05) is 18.2 Å². The molecule has 6 heteroatoms. The maximum absolute atomic E-state index is 11.3. The zero-order chi connectivity index (χ0) is 9.26. The van der Waals surface area contributed by atoms with Gasteiger partial charge in [0.15, 0.2) is 0 Å². The van der Waals surface area contributed by atoms with Crippen molar-refractivity contribution < 1.29 is 5.48 Å². The van der Waals surface area contributed by atoms with Gasteiger partial charge in [-0.2, -0.15) is 5.10 Å². The van der Waals surface area contributed by atoms with Gasteiger partial charge in [-0.05, 0) is 6.07 Å². The smallest absolute Gasteiger partial charge is 0.272 e. The fourth-order valence-electron chi connectivity index (χ4n) is 1.33. The zero-order valence-electron chi connectivity index (χ0n) is 7.86. The van der Waals surface area contributed by atoms with E-state index < -0.39 is 0 Å². The lowest BCUT2D eigenvalue weighted by Gasteiger charge is -2.00. The van der Waals surface area contributed by atoms with Crippen LogP contribution in [0.2, 0.25) is 0 Å². The van der Waals surface area contributed by atoms with E-state index in [9.17, 15) is 4.79 Å². The van der Waals surface area contributed by atoms with Crippen molar-refractivity contribution in [1.82, 2.24) is 10.2 Å². The molecule has 0 spiro atoms. The Bertz CT molecular complexity index is 498. The molecule has 0 aliphatic heterocycles. The maximum Gasteiger partial charge on any atom is 0.272 e. The summed E-state index contributed by atoms with van der Waals surface area (Å²) in [6.45, 7) is 0.331. The van der Waals surface area contributed by atoms with Crippen molar-refractivity contribution in [1.29, 1.82) is 0 Å². The molecule has 0 radical (unpaired) electrons. The minimum Gasteiger partial charge on any atom is -0.412 e. The number of rotatable bonds is 1. The highest BCUT2D eigenvalue weighted by atomic mass is 35.5. The van der Waals surface area contributed by atoms with E-state index in [0.717, 1.165) is 11.1 Å². The summed E-state index contributed by atoms with van der Waals surface area (Å²) < 4.78 is 0. The quantitative estimate of drug-likeness (QED) is 0.718. The molecule has 5 nitrogen and oxygen atoms in total. The molecule has 5 N–H and O–H groups in total. The first-order valence-corrected chi connectivity index (χ1v) is 3.99. The van der Waals surface area contributed by atoms with Gasteiger partial charge in [-0.3, -0.25) is 4.79 Å². The zero-order valence-corrected chi connectivity index (χ0v) is 8.67. The first-order valence-electron chi connectivity index (χ1n) is 3.99. The third kappa shape index (κ3) is 2.33. The highest BCUT2D eigenvalue weighted by molar-refractivity contribution is 5.85. The maximum atomic E-state index is 11.3. The van der Waals surface area contributed by atoms with Gasteiger partial charge in [0, 0.05) is 11.9 Å². The second-order valence-electron chi connectivity index (χ2n) is 2.75. The number of H-pyrrole nitrogens is 1. The van der Waals surface area contributed by atoms with Gasteiger partial charge in [-0.25, -0.2) is 5.10 Å². The number of nitrogens with zero attached hydrogens (tertiary/aromatic N) is 1. The van der Waals surface area contributed by atoms with Crippen LogP contribution in [-0.4, -0.2) is 15.7 Å². The third-order valence-corrected chi connectivity index (χ3v) is 1.97. The van der Waals surface area contributed by atoms with E-state index in [4.69, 9.17) is 5.73 Å². The molecule has 1 aromatic heterocycles. The highest BCUT2D eigenvalue weighted by Crippen LogP contribution is 2.10. The number of nitrogens with two attached hydrogens (primary N) is 1. The lowest BCUT2D eigenvalue weighted by molar-refractivity contribution is 0.824. The van der Waals surface area contributed by atoms with E-state index in [0.29, 0.717) is 11.9 Å². The molecule has 0 saturated carbocycles. The van der Waals surface area contributed by atoms with Gasteiger partial charge < -0.3 is 11.2 Å². The number of fused-ring (bicyclic) bond motifs is 1. The molecule has 0 unspecified atom stereocenters. The van der Waals surface area contributed by atoms with E-state index in [1.165, 1.54) is 0 Å². The van der Waals surface area contributed by atoms with Crippen LogP contribution in [0.4, 0.5) is 0 Å². The molecule has 0 aliphatic carbocycles. The molecule has 2 rings (SSSR count). The Hall–Kier alpha value is -1.43. The van der Waals surface area contributed by atoms with Crippen LogP contribution in [0.3, 0.4) is 0 Å². The van der Waals surface area contributed by atoms with Gasteiger partial charge in [0.05, 0.1) is 11.1 Å². The van der Waals surface area contributed by atoms with Crippen molar-refractivity contribution in [3.05, 3.63) is 40.3 Å². The first-order chi connectivity index (χ1) is 6.33. The minimum absolute atomic E-state index is 0. The van der Waals surface area contributed by atoms with Crippen molar-refractivity contribution >= 4 is 23.2 Å². The first kappa shape index (κ1) is 13.6. The summed E-state index contributed by atoms with van der Waals surface area (Å²) in [7, 11) is 0. The van der Waals surface area contributed by atoms with Gasteiger partial charge in [-0.1, -0.05) is 18.2 Å². The van der Waals surface area contributed by atoms with Crippen LogP contribution in [0.25, 0.3) is 10.8 Å². The Kier molecular flexibility index (Phi) is 4.93. The molecule has 2 aromatic rings. The fourth-order valence-corrected chi connectivity index (χ4v) is 1.33. The molecule has 0 saturated heterocycles. The number of aromatic amines is 1. The highest BCUT2D eigenvalue weighted by Gasteiger charge is 2.02. The SMILES string of the molecule is Cl.NCc1n[nH]c(=O)c2ccccc12.O. The Labute approximate surface area is 92.0 Å². The van der Waals surface area contributed by atoms with Crippen LogP contribution in [0.1, 0.15) is 5.69 Å². The van der Waals surface area contributed by atoms with Crippen LogP contribution >= 0.6 is 12.4 Å². The second-order valence-corrected chi connectivity index (χ2v) is 2.75. The van der Waals surface area contributed by atoms with Crippen molar-refractivity contribution in [3.8, 4) is 0 Å². The van der Waals surface area contributed by atoms with Crippen LogP contribution in [0.5, 0.6) is 0 Å². The lowest BCUT2D eigenvalue weighted by Crippen LogP contribution is -2.12. The number of aromatic nitrogens is 2. The predicted molar refractivity (Wildman–Crippen MR) is 61.1 cm³/mol. The van der Waals surface area contributed by atoms with Gasteiger partial charge in [0.2, 0.25) is 0 Å². The standard InChI is InChI=1S/C9H9N3O.ClH.H2O/c10-5-8-6-3-1-2-4-7(6)9(13)12-11-8;;/h1-4H,5,10H2,(H,12,13);1H;1H2. The number of halogens is 1. The van der Waals surface area contributed by atoms with Gasteiger partial charge >= 0.3 is 0 Å². The summed E-state index contributed by atoms with van der Waals surface area (Å²) in [4.78, 5) is 11.3. The number of nitrogens with one attached hydrogen (secondary N) is 1. The van der Waals surface area contributed by atoms with E-state index >= 15 is 0 Å². The molecule has 0 bridgehead atoms. The summed E-state index contributed by atoms with van der Waals surface area (Å²) >= 11 is 0. The summed E-state index contributed by atoms with van der Waals surface area (Å²) in [6.07, 6.45) is 0. The van der Waals surface area contributed by atoms with Crippen LogP contribution in [-0.2, 0) is 6.54 Å². The molecule has 1 aromatic carbocycles. The van der Waals surface area contributed by atoms with Crippen LogP contribution < -0.4 is 11.3 Å². The van der Waals surface area contributed by atoms with E-state index in [1.54, 1.807) is 6.07 Å². The molecule has 15 heavy (non-hydrogen) atoms. The minimum atomic E-state index is -0.173. The normalized spacial score (nSPS) is 9.13. The number of hydrogen-bond donors (Lipinski definition) is 2. The second kappa shape index (κ2) is 5.45. The molecule has 0 atom stereocenters. The predicted octanol–water partition coefficient (Wildman–Crippen LogP) is -0.0211. The van der Waals surface area contributed by atoms with Crippen molar-refractivity contribution in [2.75, 3.05) is 0 Å². The Balaban J connectivity index is 0.000000980. The van der Waals surface area contributed by atoms with Crippen molar-refractivity contribution in [3.63, 3.8) is 0 Å². The molecule has 1 heterocycles. The summed E-state index contributed by atoms with van der Waals surface area (Å²) in [5.74, 6) is 0. The number of benzene rings is 1. The topological polar surface area (TPSA) is 103 Å². The average molecular weight is 230 g/mol. The van der Waals surface area contributed by atoms with E-state index in [2.05, 4.69) is 10.2 Å². The van der Waals surface area contributed by atoms with Crippen LogP contribution in [0, 0.1) is 0 Å². The summed E-state index contributed by atoms with van der Waals surface area (Å²) in [6, 6.07) is 7.29. The Morgan fingerprint density at radius 1 is 1.27 bits per heavy atom. The molecule has 0 amide bonds. The average Bonchev–Trinajstić information content (AvgIpc) is 2.19. The molecular formula is C9H12ClN3O2. The lowest BCUT2D eigenvalue weighted by atomic mass is 10.1. The van der Waals surface area contributed by atoms with Crippen molar-refractivity contribution in [2.24, 2.45) is 5.73 Å². The van der Waals surface area contributed by atoms with Crippen LogP contribution in [0.15, 0.2) is 29.1 Å². The third-order valence-electron chi connectivity index (χ3n) is 1.97. The number of hydrogen-bond acceptors (Lipinski definition) is 3. The monoisotopic (exact) mass is 229 g/mol. The van der Waals surface area contributed by atoms with Gasteiger partial charge in [0.1, 0.15) is 0 Å². The molecular weight excluding hydrogens is 218 g/mol. The summed E-state index contributed by atoms with van der Waals surface area (Å²) in [5.41, 5.74) is 6.03. The Morgan fingerprint density at radius 2 is 1.87 bits per heavy atom. The molecule has 0 aliphatic rings. The molecule has 82 valence electrons. The molecule has 0 fully saturated rings. The summed E-state index contributed by atoms with van der Waals surface area (Å²) in [5, 5.41) is 7.74. The van der Waals surface area contributed by atoms with Gasteiger partial charge in [-0.15, -0.1) is 12.4 Å². The fraction of sp³-hybridized carbons (Fsp3) is 0.111. The van der Waals surface area contributed by atoms with Crippen molar-refractivity contribution in [2.45, 2.75) is 6.54 Å². The Morgan fingerprint density at radius 3 is 2.47 bits per heavy atom.